The second kappa shape index (κ2) is 30.7. The quantitative estimate of drug-likeness (QED) is 0.0527. The van der Waals surface area contributed by atoms with E-state index in [1.165, 1.54) is 161 Å². The summed E-state index contributed by atoms with van der Waals surface area (Å²) in [7, 11) is 0. The van der Waals surface area contributed by atoms with E-state index in [4.69, 9.17) is 0 Å². The van der Waals surface area contributed by atoms with Crippen LogP contribution >= 0.6 is 12.6 Å². The lowest BCUT2D eigenvalue weighted by atomic mass is 10.0. The highest BCUT2D eigenvalue weighted by atomic mass is 32.1. The molecule has 0 radical (unpaired) electrons. The number of unbranched alkanes of at least 4 members (excludes halogenated alkanes) is 25. The zero-order valence-corrected chi connectivity index (χ0v) is 22.5. The fourth-order valence-electron chi connectivity index (χ4n) is 4.59. The number of thiol groups is 1. The standard InChI is InChI=1S/C29H57NOS/c31-29-30-27-25-23-21-19-17-15-13-11-9-7-5-3-1-2-4-6-8-10-12-14-16-18-20-22-24-26-28-32/h32H,1-28H2. The van der Waals surface area contributed by atoms with Gasteiger partial charge in [0, 0.05) is 0 Å². The molecule has 0 spiro atoms. The highest BCUT2D eigenvalue weighted by Crippen LogP contribution is 2.16. The first-order valence-electron chi connectivity index (χ1n) is 14.6. The van der Waals surface area contributed by atoms with Crippen molar-refractivity contribution in [3.05, 3.63) is 0 Å². The molecule has 190 valence electrons. The molecule has 0 bridgehead atoms. The SMILES string of the molecule is O=C=NCCCCCCCCCCCCCCCCCCCCCCCCCCCCS. The van der Waals surface area contributed by atoms with Crippen molar-refractivity contribution in [1.82, 2.24) is 0 Å². The van der Waals surface area contributed by atoms with Gasteiger partial charge in [-0.15, -0.1) is 0 Å². The molecule has 0 heterocycles. The second-order valence-corrected chi connectivity index (χ2v) is 10.3. The van der Waals surface area contributed by atoms with Crippen molar-refractivity contribution in [2.24, 2.45) is 4.99 Å². The van der Waals surface area contributed by atoms with Crippen LogP contribution in [0.1, 0.15) is 167 Å². The van der Waals surface area contributed by atoms with Gasteiger partial charge in [0.1, 0.15) is 0 Å². The smallest absolute Gasteiger partial charge is 0.211 e. The first kappa shape index (κ1) is 31.7. The van der Waals surface area contributed by atoms with Gasteiger partial charge in [0.2, 0.25) is 6.08 Å². The lowest BCUT2D eigenvalue weighted by Gasteiger charge is -2.04. The van der Waals surface area contributed by atoms with Gasteiger partial charge in [0.05, 0.1) is 6.54 Å². The van der Waals surface area contributed by atoms with E-state index in [1.54, 1.807) is 6.08 Å². The maximum Gasteiger partial charge on any atom is 0.234 e. The fourth-order valence-corrected chi connectivity index (χ4v) is 4.81. The monoisotopic (exact) mass is 467 g/mol. The molecule has 0 N–H and O–H groups in total. The number of hydrogen-bond donors (Lipinski definition) is 1. The molecule has 0 aromatic heterocycles. The molecule has 0 aromatic carbocycles. The van der Waals surface area contributed by atoms with Crippen LogP contribution in [0.25, 0.3) is 0 Å². The zero-order chi connectivity index (χ0) is 23.2. The van der Waals surface area contributed by atoms with E-state index in [0.717, 1.165) is 12.2 Å². The summed E-state index contributed by atoms with van der Waals surface area (Å²) in [5.74, 6) is 1.06. The van der Waals surface area contributed by atoms with Crippen LogP contribution in [0.3, 0.4) is 0 Å². The summed E-state index contributed by atoms with van der Waals surface area (Å²) in [6.45, 7) is 0.668. The Labute approximate surface area is 207 Å². The Bertz CT molecular complexity index is 381. The maximum absolute atomic E-state index is 9.96. The Morgan fingerprint density at radius 3 is 0.812 bits per heavy atom. The predicted molar refractivity (Wildman–Crippen MR) is 147 cm³/mol. The molecule has 0 aliphatic heterocycles. The van der Waals surface area contributed by atoms with Crippen LogP contribution < -0.4 is 0 Å². The molecule has 0 aliphatic rings. The Morgan fingerprint density at radius 1 is 0.375 bits per heavy atom. The number of nitrogens with zero attached hydrogens (tertiary/aromatic N) is 1. The lowest BCUT2D eigenvalue weighted by molar-refractivity contribution is 0.515. The Morgan fingerprint density at radius 2 is 0.594 bits per heavy atom. The van der Waals surface area contributed by atoms with Crippen LogP contribution in [0.2, 0.25) is 0 Å². The first-order chi connectivity index (χ1) is 15.9. The number of rotatable bonds is 28. The van der Waals surface area contributed by atoms with Crippen molar-refractivity contribution in [3.63, 3.8) is 0 Å². The second-order valence-electron chi connectivity index (χ2n) is 9.89. The maximum atomic E-state index is 9.96. The van der Waals surface area contributed by atoms with Crippen LogP contribution in [0.5, 0.6) is 0 Å². The summed E-state index contributed by atoms with van der Waals surface area (Å²) < 4.78 is 0. The molecule has 0 aromatic rings. The number of hydrogen-bond acceptors (Lipinski definition) is 3. The van der Waals surface area contributed by atoms with Gasteiger partial charge in [-0.3, -0.25) is 0 Å². The molecule has 3 heteroatoms. The van der Waals surface area contributed by atoms with Crippen molar-refractivity contribution < 1.29 is 4.79 Å². The number of isocyanates is 1. The molecule has 0 atom stereocenters. The molecule has 0 rings (SSSR count). The molecule has 0 saturated carbocycles. The van der Waals surface area contributed by atoms with Gasteiger partial charge in [-0.25, -0.2) is 9.79 Å². The summed E-state index contributed by atoms with van der Waals surface area (Å²) in [6.07, 6.45) is 38.2. The van der Waals surface area contributed by atoms with E-state index in [9.17, 15) is 4.79 Å². The van der Waals surface area contributed by atoms with Crippen molar-refractivity contribution in [1.29, 1.82) is 0 Å². The van der Waals surface area contributed by atoms with Gasteiger partial charge in [0.15, 0.2) is 0 Å². The number of carbonyl (C=O) groups excluding carboxylic acids is 1. The van der Waals surface area contributed by atoms with Crippen LogP contribution in [0.15, 0.2) is 4.99 Å². The minimum atomic E-state index is 0.668. The first-order valence-corrected chi connectivity index (χ1v) is 15.2. The molecule has 2 nitrogen and oxygen atoms in total. The number of aliphatic imine (C=N–C) groups is 1. The highest BCUT2D eigenvalue weighted by Gasteiger charge is 1.96. The summed E-state index contributed by atoms with van der Waals surface area (Å²) in [6, 6.07) is 0. The Kier molecular flexibility index (Phi) is 30.5. The van der Waals surface area contributed by atoms with Gasteiger partial charge in [-0.1, -0.05) is 154 Å². The van der Waals surface area contributed by atoms with Crippen LogP contribution in [0, 0.1) is 0 Å². The van der Waals surface area contributed by atoms with Crippen LogP contribution in [-0.2, 0) is 4.79 Å². The lowest BCUT2D eigenvalue weighted by Crippen LogP contribution is -1.85. The molecule has 0 aliphatic carbocycles. The van der Waals surface area contributed by atoms with Crippen molar-refractivity contribution in [3.8, 4) is 0 Å². The van der Waals surface area contributed by atoms with E-state index >= 15 is 0 Å². The van der Waals surface area contributed by atoms with Crippen molar-refractivity contribution >= 4 is 18.7 Å². The summed E-state index contributed by atoms with van der Waals surface area (Å²) in [4.78, 5) is 13.6. The van der Waals surface area contributed by atoms with Crippen molar-refractivity contribution in [2.45, 2.75) is 167 Å². The zero-order valence-electron chi connectivity index (χ0n) is 21.6. The summed E-state index contributed by atoms with van der Waals surface area (Å²) in [5.41, 5.74) is 0. The van der Waals surface area contributed by atoms with E-state index < -0.39 is 0 Å². The van der Waals surface area contributed by atoms with E-state index in [2.05, 4.69) is 17.6 Å². The predicted octanol–water partition coefficient (Wildman–Crippen LogP) is 10.4. The van der Waals surface area contributed by atoms with Crippen molar-refractivity contribution in [2.75, 3.05) is 12.3 Å². The van der Waals surface area contributed by atoms with Crippen LogP contribution in [0.4, 0.5) is 0 Å². The van der Waals surface area contributed by atoms with Gasteiger partial charge in [-0.05, 0) is 18.6 Å². The largest absolute Gasteiger partial charge is 0.234 e. The summed E-state index contributed by atoms with van der Waals surface area (Å²) >= 11 is 4.27. The van der Waals surface area contributed by atoms with E-state index in [1.807, 2.05) is 0 Å². The minimum absolute atomic E-state index is 0.668. The van der Waals surface area contributed by atoms with Crippen LogP contribution in [-0.4, -0.2) is 18.4 Å². The highest BCUT2D eigenvalue weighted by molar-refractivity contribution is 7.80. The third-order valence-corrected chi connectivity index (χ3v) is 7.06. The van der Waals surface area contributed by atoms with Gasteiger partial charge in [-0.2, -0.15) is 12.6 Å². The molecular formula is C29H57NOS. The molecule has 0 saturated heterocycles. The molecule has 0 fully saturated rings. The minimum Gasteiger partial charge on any atom is -0.211 e. The average molecular weight is 468 g/mol. The van der Waals surface area contributed by atoms with Gasteiger partial charge in [0.25, 0.3) is 0 Å². The third kappa shape index (κ3) is 29.7. The normalized spacial score (nSPS) is 11.0. The van der Waals surface area contributed by atoms with Gasteiger partial charge >= 0.3 is 0 Å². The molecule has 0 unspecified atom stereocenters. The Balaban J connectivity index is 3.00. The average Bonchev–Trinajstić information content (AvgIpc) is 2.81. The van der Waals surface area contributed by atoms with E-state index in [0.29, 0.717) is 6.54 Å². The van der Waals surface area contributed by atoms with E-state index in [-0.39, 0.29) is 0 Å². The molecule has 32 heavy (non-hydrogen) atoms. The van der Waals surface area contributed by atoms with Gasteiger partial charge < -0.3 is 0 Å². The molecule has 0 amide bonds. The molecular weight excluding hydrogens is 410 g/mol. The summed E-state index contributed by atoms with van der Waals surface area (Å²) in [5, 5.41) is 0. The third-order valence-electron chi connectivity index (χ3n) is 6.74. The fraction of sp³-hybridized carbons (Fsp3) is 0.966. The Hall–Kier alpha value is -0.270. The topological polar surface area (TPSA) is 29.4 Å².